The van der Waals surface area contributed by atoms with Crippen molar-refractivity contribution < 1.29 is 9.90 Å². The third-order valence-electron chi connectivity index (χ3n) is 4.22. The maximum absolute atomic E-state index is 11.9. The Labute approximate surface area is 134 Å². The number of nitrogens with zero attached hydrogens (tertiary/aromatic N) is 3. The molecular weight excluding hydrogens is 294 g/mol. The summed E-state index contributed by atoms with van der Waals surface area (Å²) in [5, 5.41) is 16.2. The van der Waals surface area contributed by atoms with Gasteiger partial charge in [0.15, 0.2) is 0 Å². The van der Waals surface area contributed by atoms with Crippen molar-refractivity contribution in [2.45, 2.75) is 31.3 Å². The van der Waals surface area contributed by atoms with Crippen molar-refractivity contribution in [2.24, 2.45) is 12.8 Å². The molecule has 0 spiro atoms. The van der Waals surface area contributed by atoms with Gasteiger partial charge in [-0.3, -0.25) is 14.5 Å². The van der Waals surface area contributed by atoms with E-state index >= 15 is 0 Å². The Balaban J connectivity index is 1.80. The number of aliphatic hydroxyl groups excluding tert-OH is 1. The van der Waals surface area contributed by atoms with Crippen LogP contribution in [0.4, 0.5) is 0 Å². The van der Waals surface area contributed by atoms with E-state index in [0.717, 1.165) is 35.4 Å². The highest BCUT2D eigenvalue weighted by molar-refractivity contribution is 5.83. The van der Waals surface area contributed by atoms with Gasteiger partial charge in [-0.25, -0.2) is 0 Å². The number of amides is 1. The summed E-state index contributed by atoms with van der Waals surface area (Å²) in [6, 6.07) is 3.02. The lowest BCUT2D eigenvalue weighted by atomic mass is 10.1. The first-order valence-electron chi connectivity index (χ1n) is 7.61. The fraction of sp³-hybridized carbons (Fsp3) is 0.438. The maximum atomic E-state index is 11.9. The summed E-state index contributed by atoms with van der Waals surface area (Å²) in [5.41, 5.74) is 8.93. The van der Waals surface area contributed by atoms with Gasteiger partial charge < -0.3 is 16.2 Å². The molecule has 23 heavy (non-hydrogen) atoms. The fourth-order valence-electron chi connectivity index (χ4n) is 2.70. The van der Waals surface area contributed by atoms with E-state index in [1.165, 1.54) is 0 Å². The molecule has 1 aliphatic rings. The number of pyridine rings is 1. The number of rotatable bonds is 5. The Hall–Kier alpha value is -2.25. The molecule has 4 N–H and O–H groups in total. The van der Waals surface area contributed by atoms with E-state index in [4.69, 9.17) is 10.8 Å². The molecule has 0 radical (unpaired) electrons. The van der Waals surface area contributed by atoms with Crippen LogP contribution in [-0.4, -0.2) is 38.4 Å². The molecular formula is C16H21N5O2. The zero-order valence-corrected chi connectivity index (χ0v) is 13.3. The number of hydrogen-bond donors (Lipinski definition) is 3. The summed E-state index contributed by atoms with van der Waals surface area (Å²) in [6.45, 7) is 1.59. The van der Waals surface area contributed by atoms with Gasteiger partial charge in [-0.05, 0) is 25.8 Å². The predicted octanol–water partition coefficient (Wildman–Crippen LogP) is 0.215. The van der Waals surface area contributed by atoms with Crippen molar-refractivity contribution in [1.82, 2.24) is 20.1 Å². The molecule has 7 heteroatoms. The van der Waals surface area contributed by atoms with Crippen LogP contribution >= 0.6 is 0 Å². The molecule has 7 nitrogen and oxygen atoms in total. The van der Waals surface area contributed by atoms with E-state index in [0.29, 0.717) is 0 Å². The summed E-state index contributed by atoms with van der Waals surface area (Å²) in [4.78, 5) is 16.4. The summed E-state index contributed by atoms with van der Waals surface area (Å²) < 4.78 is 1.78. The van der Waals surface area contributed by atoms with Crippen LogP contribution in [0.15, 0.2) is 24.5 Å². The second-order valence-electron chi connectivity index (χ2n) is 6.09. The molecule has 2 heterocycles. The van der Waals surface area contributed by atoms with Crippen LogP contribution in [0, 0.1) is 6.92 Å². The van der Waals surface area contributed by atoms with Crippen LogP contribution in [-0.2, 0) is 17.4 Å². The van der Waals surface area contributed by atoms with Gasteiger partial charge in [0.25, 0.3) is 0 Å². The molecule has 1 fully saturated rings. The van der Waals surface area contributed by atoms with E-state index in [-0.39, 0.29) is 12.5 Å². The van der Waals surface area contributed by atoms with Gasteiger partial charge in [0.05, 0.1) is 23.5 Å². The zero-order valence-electron chi connectivity index (χ0n) is 13.3. The van der Waals surface area contributed by atoms with E-state index in [1.807, 2.05) is 32.3 Å². The average molecular weight is 315 g/mol. The van der Waals surface area contributed by atoms with Crippen LogP contribution in [0.2, 0.25) is 0 Å². The summed E-state index contributed by atoms with van der Waals surface area (Å²) >= 11 is 0. The topological polar surface area (TPSA) is 106 Å². The van der Waals surface area contributed by atoms with Crippen molar-refractivity contribution in [2.75, 3.05) is 6.61 Å². The van der Waals surface area contributed by atoms with Crippen molar-refractivity contribution in [3.05, 3.63) is 35.9 Å². The highest BCUT2D eigenvalue weighted by Crippen LogP contribution is 2.44. The molecule has 2 aromatic heterocycles. The minimum atomic E-state index is -0.898. The van der Waals surface area contributed by atoms with Crippen molar-refractivity contribution in [1.29, 1.82) is 0 Å². The van der Waals surface area contributed by atoms with Gasteiger partial charge in [0, 0.05) is 30.6 Å². The first kappa shape index (κ1) is 15.6. The van der Waals surface area contributed by atoms with Gasteiger partial charge in [-0.2, -0.15) is 5.10 Å². The van der Waals surface area contributed by atoms with Crippen LogP contribution < -0.4 is 11.1 Å². The molecule has 0 bridgehead atoms. The molecule has 1 atom stereocenters. The summed E-state index contributed by atoms with van der Waals surface area (Å²) in [7, 11) is 1.89. The molecule has 1 amide bonds. The van der Waals surface area contributed by atoms with Crippen LogP contribution in [0.25, 0.3) is 11.1 Å². The summed E-state index contributed by atoms with van der Waals surface area (Å²) in [6.07, 6.45) is 5.42. The fourth-order valence-corrected chi connectivity index (χ4v) is 2.70. The Morgan fingerprint density at radius 2 is 2.26 bits per heavy atom. The third kappa shape index (κ3) is 2.97. The van der Waals surface area contributed by atoms with Crippen molar-refractivity contribution >= 4 is 5.91 Å². The molecule has 0 aromatic carbocycles. The number of aromatic nitrogens is 3. The third-order valence-corrected chi connectivity index (χ3v) is 4.22. The number of aryl methyl sites for hydroxylation is 2. The largest absolute Gasteiger partial charge is 0.394 e. The van der Waals surface area contributed by atoms with Gasteiger partial charge in [-0.15, -0.1) is 0 Å². The Bertz CT molecular complexity index is 719. The first-order valence-corrected chi connectivity index (χ1v) is 7.61. The lowest BCUT2D eigenvalue weighted by Gasteiger charge is -2.19. The number of carbonyl (C=O) groups excluding carboxylic acids is 1. The number of nitrogens with one attached hydrogen (secondary N) is 1. The average Bonchev–Trinajstić information content (AvgIpc) is 3.24. The van der Waals surface area contributed by atoms with Crippen LogP contribution in [0.3, 0.4) is 0 Å². The Kier molecular flexibility index (Phi) is 3.91. The van der Waals surface area contributed by atoms with E-state index in [1.54, 1.807) is 10.9 Å². The highest BCUT2D eigenvalue weighted by Gasteiger charge is 2.47. The maximum Gasteiger partial charge on any atom is 0.240 e. The molecule has 0 saturated heterocycles. The number of nitrogens with two attached hydrogens (primary N) is 1. The Morgan fingerprint density at radius 1 is 1.52 bits per heavy atom. The molecule has 0 aliphatic heterocycles. The lowest BCUT2D eigenvalue weighted by Crippen LogP contribution is -2.47. The summed E-state index contributed by atoms with van der Waals surface area (Å²) in [5.74, 6) is -0.348. The van der Waals surface area contributed by atoms with Crippen molar-refractivity contribution in [3.63, 3.8) is 0 Å². The minimum absolute atomic E-state index is 0.348. The lowest BCUT2D eigenvalue weighted by molar-refractivity contribution is -0.124. The second kappa shape index (κ2) is 5.75. The molecule has 1 aliphatic carbocycles. The van der Waals surface area contributed by atoms with Gasteiger partial charge >= 0.3 is 0 Å². The quantitative estimate of drug-likeness (QED) is 0.731. The number of aliphatic hydroxyl groups is 1. The Morgan fingerprint density at radius 3 is 2.74 bits per heavy atom. The standard InChI is InChI=1S/C16H21N5O2/c1-10-12(8-21(2)20-10)11-3-4-14(18-7-11)16(5-6-16)19-15(23)13(17)9-22/h3-4,7-8,13,22H,5-6,9,17H2,1-2H3,(H,19,23)/t13-/m0/s1. The SMILES string of the molecule is Cc1nn(C)cc1-c1ccc(C2(NC(=O)[C@@H](N)CO)CC2)nc1. The smallest absolute Gasteiger partial charge is 0.240 e. The molecule has 3 rings (SSSR count). The minimum Gasteiger partial charge on any atom is -0.394 e. The monoisotopic (exact) mass is 315 g/mol. The zero-order chi connectivity index (χ0) is 16.6. The normalized spacial score (nSPS) is 16.9. The molecule has 1 saturated carbocycles. The number of carbonyl (C=O) groups is 1. The molecule has 122 valence electrons. The highest BCUT2D eigenvalue weighted by atomic mass is 16.3. The number of hydrogen-bond acceptors (Lipinski definition) is 5. The van der Waals surface area contributed by atoms with Crippen LogP contribution in [0.5, 0.6) is 0 Å². The molecule has 0 unspecified atom stereocenters. The van der Waals surface area contributed by atoms with Crippen molar-refractivity contribution in [3.8, 4) is 11.1 Å². The second-order valence-corrected chi connectivity index (χ2v) is 6.09. The van der Waals surface area contributed by atoms with Gasteiger partial charge in [0.1, 0.15) is 6.04 Å². The van der Waals surface area contributed by atoms with Gasteiger partial charge in [-0.1, -0.05) is 6.07 Å². The van der Waals surface area contributed by atoms with Gasteiger partial charge in [0.2, 0.25) is 5.91 Å². The van der Waals surface area contributed by atoms with Crippen LogP contribution in [0.1, 0.15) is 24.2 Å². The predicted molar refractivity (Wildman–Crippen MR) is 85.3 cm³/mol. The molecule has 2 aromatic rings. The van der Waals surface area contributed by atoms with E-state index < -0.39 is 11.6 Å². The van der Waals surface area contributed by atoms with E-state index in [9.17, 15) is 4.79 Å². The first-order chi connectivity index (χ1) is 10.9. The van der Waals surface area contributed by atoms with E-state index in [2.05, 4.69) is 15.4 Å².